The maximum absolute atomic E-state index is 12.1. The van der Waals surface area contributed by atoms with E-state index in [9.17, 15) is 4.79 Å². The average molecular weight is 412 g/mol. The Hall–Kier alpha value is -1.46. The Balaban J connectivity index is 1.46. The minimum Gasteiger partial charge on any atom is -0.368 e. The van der Waals surface area contributed by atoms with Gasteiger partial charge in [0.25, 0.3) is 0 Å². The number of nitrogens with zero attached hydrogens (tertiary/aromatic N) is 3. The highest BCUT2D eigenvalue weighted by molar-refractivity contribution is 6.34. The van der Waals surface area contributed by atoms with E-state index in [0.717, 1.165) is 47.4 Å². The van der Waals surface area contributed by atoms with E-state index in [0.29, 0.717) is 32.2 Å². The predicted molar refractivity (Wildman–Crippen MR) is 117 cm³/mol. The highest BCUT2D eigenvalue weighted by Crippen LogP contribution is 2.30. The number of piperazine rings is 1. The van der Waals surface area contributed by atoms with Crippen LogP contribution in [0.25, 0.3) is 0 Å². The van der Waals surface area contributed by atoms with E-state index < -0.39 is 19.4 Å². The molecule has 1 aromatic carbocycles. The second kappa shape index (κ2) is 9.84. The zero-order valence-electron chi connectivity index (χ0n) is 21.9. The lowest BCUT2D eigenvalue weighted by atomic mass is 9.84. The van der Waals surface area contributed by atoms with Gasteiger partial charge in [0.15, 0.2) is 0 Å². The third kappa shape index (κ3) is 5.54. The van der Waals surface area contributed by atoms with Crippen LogP contribution in [-0.4, -0.2) is 68.6 Å². The topological polar surface area (TPSA) is 38.8 Å². The molecule has 1 saturated heterocycles. The number of benzene rings is 1. The van der Waals surface area contributed by atoms with Crippen molar-refractivity contribution < 1.29 is 11.6 Å². The van der Waals surface area contributed by atoms with Gasteiger partial charge < -0.3 is 15.1 Å². The number of rotatable bonds is 5. The molecule has 1 heterocycles. The Labute approximate surface area is 182 Å². The first-order valence-electron chi connectivity index (χ1n) is 12.7. The summed E-state index contributed by atoms with van der Waals surface area (Å²) in [6, 6.07) is 5.34. The van der Waals surface area contributed by atoms with Gasteiger partial charge in [-0.2, -0.15) is 0 Å². The fourth-order valence-electron chi connectivity index (χ4n) is 3.99. The van der Waals surface area contributed by atoms with Gasteiger partial charge in [0.05, 0.1) is 10.7 Å². The maximum atomic E-state index is 12.1. The first kappa shape index (κ1) is 15.4. The number of halogens is 1. The number of nitrogens with one attached hydrogen (secondary N) is 1. The summed E-state index contributed by atoms with van der Waals surface area (Å²) in [5, 5.41) is 3.57. The molecule has 2 aliphatic rings. The molecule has 156 valence electrons. The summed E-state index contributed by atoms with van der Waals surface area (Å²) in [6.07, 6.45) is 1.35. The fraction of sp³-hybridized carbons (Fsp3) is 0.682. The van der Waals surface area contributed by atoms with Crippen molar-refractivity contribution in [1.82, 2.24) is 15.1 Å². The number of anilines is 1. The third-order valence-electron chi connectivity index (χ3n) is 5.85. The predicted octanol–water partition coefficient (Wildman–Crippen LogP) is 3.99. The standard InChI is InChI=1S/C22H35ClN4O/c1-17-5-4-6-20(21(17)23)27-15-13-26(14-16-27)12-11-18-7-9-19(10-8-18)24-22(28)25(2)3/h4-6,18-19H,7-16H2,1-3H3,(H,24,28)/t18-,19-/i2D3,11D2. The summed E-state index contributed by atoms with van der Waals surface area (Å²) in [5.74, 6) is -0.0738. The second-order valence-electron chi connectivity index (χ2n) is 7.93. The Kier molecular flexibility index (Phi) is 5.41. The molecule has 0 atom stereocenters. The number of hydrogen-bond acceptors (Lipinski definition) is 3. The monoisotopic (exact) mass is 411 g/mol. The maximum Gasteiger partial charge on any atom is 0.317 e. The van der Waals surface area contributed by atoms with Gasteiger partial charge in [0, 0.05) is 53.1 Å². The van der Waals surface area contributed by atoms with E-state index in [2.05, 4.69) is 15.1 Å². The minimum absolute atomic E-state index is 0.0738. The average Bonchev–Trinajstić information content (AvgIpc) is 2.75. The van der Waals surface area contributed by atoms with Gasteiger partial charge in [-0.25, -0.2) is 4.79 Å². The van der Waals surface area contributed by atoms with Crippen molar-refractivity contribution in [3.05, 3.63) is 28.8 Å². The van der Waals surface area contributed by atoms with Gasteiger partial charge in [0.1, 0.15) is 0 Å². The van der Waals surface area contributed by atoms with E-state index in [1.807, 2.05) is 25.1 Å². The lowest BCUT2D eigenvalue weighted by molar-refractivity contribution is 0.194. The van der Waals surface area contributed by atoms with Crippen LogP contribution in [0.15, 0.2) is 18.2 Å². The van der Waals surface area contributed by atoms with Crippen LogP contribution in [0.3, 0.4) is 0 Å². The molecule has 1 saturated carbocycles. The number of carbonyl (C=O) groups is 1. The number of amides is 2. The molecule has 6 heteroatoms. The molecule has 0 unspecified atom stereocenters. The highest BCUT2D eigenvalue weighted by atomic mass is 35.5. The SMILES string of the molecule is [2H]C([2H])([2H])N(C)C(=O)N[C@H]1CC[C@H](C([2H])([2H])CN2CCN(c3cccc(C)c3Cl)CC2)CC1. The van der Waals surface area contributed by atoms with E-state index >= 15 is 0 Å². The van der Waals surface area contributed by atoms with Crippen LogP contribution in [0.1, 0.15) is 44.5 Å². The molecule has 3 rings (SSSR count). The van der Waals surface area contributed by atoms with Crippen molar-refractivity contribution in [2.45, 2.75) is 45.0 Å². The van der Waals surface area contributed by atoms with Crippen LogP contribution >= 0.6 is 11.6 Å². The van der Waals surface area contributed by atoms with E-state index in [4.69, 9.17) is 18.5 Å². The molecule has 28 heavy (non-hydrogen) atoms. The van der Waals surface area contributed by atoms with E-state index in [1.54, 1.807) is 0 Å². The largest absolute Gasteiger partial charge is 0.368 e. The second-order valence-corrected chi connectivity index (χ2v) is 8.31. The Morgan fingerprint density at radius 3 is 2.68 bits per heavy atom. The van der Waals surface area contributed by atoms with Crippen molar-refractivity contribution in [3.8, 4) is 0 Å². The molecule has 5 nitrogen and oxygen atoms in total. The van der Waals surface area contributed by atoms with Gasteiger partial charge >= 0.3 is 6.03 Å². The van der Waals surface area contributed by atoms with Crippen molar-refractivity contribution in [1.29, 1.82) is 0 Å². The summed E-state index contributed by atoms with van der Waals surface area (Å²) < 4.78 is 39.4. The Morgan fingerprint density at radius 1 is 1.29 bits per heavy atom. The zero-order chi connectivity index (χ0) is 24.4. The smallest absolute Gasteiger partial charge is 0.317 e. The number of urea groups is 1. The van der Waals surface area contributed by atoms with Crippen LogP contribution < -0.4 is 10.2 Å². The quantitative estimate of drug-likeness (QED) is 0.796. The van der Waals surface area contributed by atoms with Crippen LogP contribution in [0.5, 0.6) is 0 Å². The number of carbonyl (C=O) groups excluding carboxylic acids is 1. The molecule has 0 spiro atoms. The van der Waals surface area contributed by atoms with Gasteiger partial charge in [-0.1, -0.05) is 23.7 Å². The first-order valence-corrected chi connectivity index (χ1v) is 10.5. The summed E-state index contributed by atoms with van der Waals surface area (Å²) in [5.41, 5.74) is 2.11. The summed E-state index contributed by atoms with van der Waals surface area (Å²) in [6.45, 7) is 3.14. The van der Waals surface area contributed by atoms with Crippen molar-refractivity contribution in [3.63, 3.8) is 0 Å². The molecule has 2 amide bonds. The zero-order valence-corrected chi connectivity index (χ0v) is 17.6. The lowest BCUT2D eigenvalue weighted by Gasteiger charge is -2.37. The normalized spacial score (nSPS) is 27.1. The van der Waals surface area contributed by atoms with Crippen molar-refractivity contribution >= 4 is 23.3 Å². The number of hydrogen-bond donors (Lipinski definition) is 1. The summed E-state index contributed by atoms with van der Waals surface area (Å²) >= 11 is 6.48. The summed E-state index contributed by atoms with van der Waals surface area (Å²) in [4.78, 5) is 17.3. The first-order chi connectivity index (χ1) is 15.4. The van der Waals surface area contributed by atoms with Crippen molar-refractivity contribution in [2.75, 3.05) is 51.6 Å². The van der Waals surface area contributed by atoms with Crippen LogP contribution in [0.2, 0.25) is 5.02 Å². The highest BCUT2D eigenvalue weighted by Gasteiger charge is 2.24. The van der Waals surface area contributed by atoms with E-state index in [-0.39, 0.29) is 12.0 Å². The molecule has 0 bridgehead atoms. The van der Waals surface area contributed by atoms with Crippen LogP contribution in [-0.2, 0) is 0 Å². The molecule has 0 aromatic heterocycles. The molecular weight excluding hydrogens is 372 g/mol. The Bertz CT molecular complexity index is 821. The minimum atomic E-state index is -2.46. The van der Waals surface area contributed by atoms with Gasteiger partial charge in [-0.15, -0.1) is 0 Å². The molecule has 2 fully saturated rings. The van der Waals surface area contributed by atoms with Gasteiger partial charge in [-0.3, -0.25) is 4.90 Å². The van der Waals surface area contributed by atoms with E-state index in [1.165, 1.54) is 7.05 Å². The van der Waals surface area contributed by atoms with Crippen molar-refractivity contribution in [2.24, 2.45) is 5.92 Å². The van der Waals surface area contributed by atoms with Crippen LogP contribution in [0.4, 0.5) is 10.5 Å². The van der Waals surface area contributed by atoms with Gasteiger partial charge in [-0.05, 0) is 63.1 Å². The molecule has 1 aromatic rings. The molecule has 1 aliphatic heterocycles. The molecule has 1 aliphatic carbocycles. The summed E-state index contributed by atoms with van der Waals surface area (Å²) in [7, 11) is 1.26. The third-order valence-corrected chi connectivity index (χ3v) is 6.34. The molecule has 1 N–H and O–H groups in total. The molecular formula is C22H35ClN4O. The van der Waals surface area contributed by atoms with Gasteiger partial charge in [0.2, 0.25) is 0 Å². The Morgan fingerprint density at radius 2 is 2.00 bits per heavy atom. The van der Waals surface area contributed by atoms with Crippen LogP contribution in [0, 0.1) is 12.8 Å². The number of aryl methyl sites for hydroxylation is 1. The molecule has 0 radical (unpaired) electrons. The lowest BCUT2D eigenvalue weighted by Crippen LogP contribution is -2.47. The fourth-order valence-corrected chi connectivity index (χ4v) is 4.24.